The minimum atomic E-state index is 0.516. The standard InChI is InChI=1S/C14H15ClN4O/c1-20-12-6-9(15)4-5-10(12)14-17-11(8-2-3-8)7-13(18-14)19-16/h4-8H,2-3,16H2,1H3,(H,17,18,19). The van der Waals surface area contributed by atoms with Crippen LogP contribution in [0.3, 0.4) is 0 Å². The molecule has 0 amide bonds. The molecule has 1 aliphatic rings. The molecule has 1 aromatic carbocycles. The van der Waals surface area contributed by atoms with Crippen LogP contribution < -0.4 is 16.0 Å². The molecule has 0 atom stereocenters. The van der Waals surface area contributed by atoms with E-state index in [-0.39, 0.29) is 0 Å². The number of methoxy groups -OCH3 is 1. The monoisotopic (exact) mass is 290 g/mol. The Hall–Kier alpha value is -1.85. The van der Waals surface area contributed by atoms with E-state index in [0.29, 0.717) is 28.3 Å². The number of nitrogens with one attached hydrogen (secondary N) is 1. The van der Waals surface area contributed by atoms with Crippen LogP contribution in [0.4, 0.5) is 5.82 Å². The highest BCUT2D eigenvalue weighted by Gasteiger charge is 2.26. The van der Waals surface area contributed by atoms with Crippen LogP contribution in [0.25, 0.3) is 11.4 Å². The number of nitrogens with zero attached hydrogens (tertiary/aromatic N) is 2. The summed E-state index contributed by atoms with van der Waals surface area (Å²) in [6.07, 6.45) is 2.33. The molecule has 1 saturated carbocycles. The first-order valence-electron chi connectivity index (χ1n) is 6.41. The van der Waals surface area contributed by atoms with Crippen LogP contribution in [-0.4, -0.2) is 17.1 Å². The van der Waals surface area contributed by atoms with Crippen LogP contribution in [0.2, 0.25) is 5.02 Å². The van der Waals surface area contributed by atoms with Gasteiger partial charge in [-0.15, -0.1) is 0 Å². The average Bonchev–Trinajstić information content (AvgIpc) is 3.31. The van der Waals surface area contributed by atoms with E-state index in [1.54, 1.807) is 19.2 Å². The van der Waals surface area contributed by atoms with Crippen LogP contribution in [0.5, 0.6) is 5.75 Å². The van der Waals surface area contributed by atoms with E-state index in [1.807, 2.05) is 12.1 Å². The zero-order valence-corrected chi connectivity index (χ0v) is 11.8. The number of hydrazine groups is 1. The van der Waals surface area contributed by atoms with Gasteiger partial charge in [0.25, 0.3) is 0 Å². The molecule has 3 N–H and O–H groups in total. The maximum atomic E-state index is 5.98. The van der Waals surface area contributed by atoms with E-state index in [0.717, 1.165) is 24.1 Å². The predicted molar refractivity (Wildman–Crippen MR) is 78.8 cm³/mol. The molecular formula is C14H15ClN4O. The lowest BCUT2D eigenvalue weighted by Gasteiger charge is -2.10. The Morgan fingerprint density at radius 3 is 2.75 bits per heavy atom. The summed E-state index contributed by atoms with van der Waals surface area (Å²) in [5.41, 5.74) is 4.41. The molecule has 2 aromatic rings. The van der Waals surface area contributed by atoms with Gasteiger partial charge in [0.05, 0.1) is 12.7 Å². The number of hydrogen-bond donors (Lipinski definition) is 2. The smallest absolute Gasteiger partial charge is 0.165 e. The third kappa shape index (κ3) is 2.55. The summed E-state index contributed by atoms with van der Waals surface area (Å²) in [5, 5.41) is 0.612. The van der Waals surface area contributed by atoms with Gasteiger partial charge < -0.3 is 10.2 Å². The van der Waals surface area contributed by atoms with Crippen LogP contribution >= 0.6 is 11.6 Å². The zero-order valence-electron chi connectivity index (χ0n) is 11.1. The van der Waals surface area contributed by atoms with Crippen molar-refractivity contribution in [3.8, 4) is 17.1 Å². The fourth-order valence-electron chi connectivity index (χ4n) is 2.10. The number of hydrogen-bond acceptors (Lipinski definition) is 5. The summed E-state index contributed by atoms with van der Waals surface area (Å²) < 4.78 is 5.35. The number of anilines is 1. The van der Waals surface area contributed by atoms with Gasteiger partial charge in [-0.05, 0) is 31.0 Å². The highest BCUT2D eigenvalue weighted by molar-refractivity contribution is 6.30. The SMILES string of the molecule is COc1cc(Cl)ccc1-c1nc(NN)cc(C2CC2)n1. The topological polar surface area (TPSA) is 73.1 Å². The van der Waals surface area contributed by atoms with Gasteiger partial charge in [0.2, 0.25) is 0 Å². The van der Waals surface area contributed by atoms with Crippen LogP contribution in [0.1, 0.15) is 24.5 Å². The molecule has 0 bridgehead atoms. The molecule has 1 aromatic heterocycles. The van der Waals surface area contributed by atoms with E-state index in [1.165, 1.54) is 0 Å². The number of halogens is 1. The molecular weight excluding hydrogens is 276 g/mol. The summed E-state index contributed by atoms with van der Waals surface area (Å²) in [6, 6.07) is 7.29. The molecule has 104 valence electrons. The predicted octanol–water partition coefficient (Wildman–Crippen LogP) is 2.97. The maximum Gasteiger partial charge on any atom is 0.165 e. The first-order valence-corrected chi connectivity index (χ1v) is 6.78. The second kappa shape index (κ2) is 5.26. The Kier molecular flexibility index (Phi) is 3.46. The summed E-state index contributed by atoms with van der Waals surface area (Å²) in [6.45, 7) is 0. The number of aromatic nitrogens is 2. The lowest BCUT2D eigenvalue weighted by atomic mass is 10.1. The van der Waals surface area contributed by atoms with Crippen molar-refractivity contribution in [2.45, 2.75) is 18.8 Å². The van der Waals surface area contributed by atoms with Gasteiger partial charge in [-0.25, -0.2) is 15.8 Å². The quantitative estimate of drug-likeness (QED) is 0.669. The zero-order chi connectivity index (χ0) is 14.1. The highest BCUT2D eigenvalue weighted by Crippen LogP contribution is 2.40. The third-order valence-electron chi connectivity index (χ3n) is 3.29. The second-order valence-corrected chi connectivity index (χ2v) is 5.20. The summed E-state index contributed by atoms with van der Waals surface area (Å²) in [7, 11) is 1.60. The molecule has 0 unspecified atom stereocenters. The summed E-state index contributed by atoms with van der Waals surface area (Å²) in [4.78, 5) is 9.02. The van der Waals surface area contributed by atoms with E-state index in [9.17, 15) is 0 Å². The number of ether oxygens (including phenoxy) is 1. The maximum absolute atomic E-state index is 5.98. The molecule has 1 heterocycles. The van der Waals surface area contributed by atoms with Gasteiger partial charge in [-0.3, -0.25) is 0 Å². The van der Waals surface area contributed by atoms with Gasteiger partial charge in [-0.2, -0.15) is 0 Å². The van der Waals surface area contributed by atoms with E-state index >= 15 is 0 Å². The Balaban J connectivity index is 2.11. The van der Waals surface area contributed by atoms with Crippen molar-refractivity contribution in [2.75, 3.05) is 12.5 Å². The van der Waals surface area contributed by atoms with Crippen molar-refractivity contribution in [1.29, 1.82) is 0 Å². The molecule has 5 nitrogen and oxygen atoms in total. The van der Waals surface area contributed by atoms with Crippen LogP contribution in [0, 0.1) is 0 Å². The first kappa shape index (κ1) is 13.1. The fraction of sp³-hybridized carbons (Fsp3) is 0.286. The molecule has 6 heteroatoms. The van der Waals surface area contributed by atoms with E-state index in [4.69, 9.17) is 22.2 Å². The largest absolute Gasteiger partial charge is 0.496 e. The Morgan fingerprint density at radius 1 is 1.30 bits per heavy atom. The van der Waals surface area contributed by atoms with Crippen molar-refractivity contribution in [3.05, 3.63) is 35.0 Å². The second-order valence-electron chi connectivity index (χ2n) is 4.76. The number of benzene rings is 1. The number of rotatable bonds is 4. The van der Waals surface area contributed by atoms with Crippen LogP contribution in [0.15, 0.2) is 24.3 Å². The Labute approximate surface area is 122 Å². The van der Waals surface area contributed by atoms with Gasteiger partial charge in [0.1, 0.15) is 11.6 Å². The lowest BCUT2D eigenvalue weighted by molar-refractivity contribution is 0.416. The van der Waals surface area contributed by atoms with Crippen molar-refractivity contribution in [2.24, 2.45) is 5.84 Å². The molecule has 3 rings (SSSR count). The average molecular weight is 291 g/mol. The Morgan fingerprint density at radius 2 is 2.10 bits per heavy atom. The van der Waals surface area contributed by atoms with Crippen molar-refractivity contribution in [3.63, 3.8) is 0 Å². The molecule has 0 spiro atoms. The van der Waals surface area contributed by atoms with Crippen molar-refractivity contribution >= 4 is 17.4 Å². The molecule has 1 fully saturated rings. The summed E-state index contributed by atoms with van der Waals surface area (Å²) in [5.74, 6) is 7.85. The molecule has 0 radical (unpaired) electrons. The molecule has 20 heavy (non-hydrogen) atoms. The number of nitrogen functional groups attached to an aromatic ring is 1. The van der Waals surface area contributed by atoms with Gasteiger partial charge >= 0.3 is 0 Å². The first-order chi connectivity index (χ1) is 9.71. The molecule has 1 aliphatic carbocycles. The van der Waals surface area contributed by atoms with Crippen LogP contribution in [-0.2, 0) is 0 Å². The van der Waals surface area contributed by atoms with Crippen molar-refractivity contribution in [1.82, 2.24) is 9.97 Å². The molecule has 0 aliphatic heterocycles. The van der Waals surface area contributed by atoms with E-state index < -0.39 is 0 Å². The van der Waals surface area contributed by atoms with E-state index in [2.05, 4.69) is 15.4 Å². The van der Waals surface area contributed by atoms with Crippen molar-refractivity contribution < 1.29 is 4.74 Å². The number of nitrogens with two attached hydrogens (primary N) is 1. The fourth-order valence-corrected chi connectivity index (χ4v) is 2.26. The minimum Gasteiger partial charge on any atom is -0.496 e. The van der Waals surface area contributed by atoms with Gasteiger partial charge in [0, 0.05) is 22.7 Å². The lowest BCUT2D eigenvalue weighted by Crippen LogP contribution is -2.10. The molecule has 0 saturated heterocycles. The van der Waals surface area contributed by atoms with Gasteiger partial charge in [-0.1, -0.05) is 11.6 Å². The normalized spacial score (nSPS) is 14.2. The minimum absolute atomic E-state index is 0.516. The third-order valence-corrected chi connectivity index (χ3v) is 3.53. The summed E-state index contributed by atoms with van der Waals surface area (Å²) >= 11 is 5.98. The highest BCUT2D eigenvalue weighted by atomic mass is 35.5. The Bertz CT molecular complexity index is 643. The van der Waals surface area contributed by atoms with Gasteiger partial charge in [0.15, 0.2) is 5.82 Å².